The van der Waals surface area contributed by atoms with E-state index in [0.29, 0.717) is 52.1 Å². The van der Waals surface area contributed by atoms with E-state index in [2.05, 4.69) is 15.2 Å². The number of aliphatic hydroxyl groups is 1. The van der Waals surface area contributed by atoms with Gasteiger partial charge < -0.3 is 35.3 Å². The normalized spacial score (nSPS) is 14.1. The largest absolute Gasteiger partial charge is 0.493 e. The van der Waals surface area contributed by atoms with E-state index in [9.17, 15) is 9.59 Å². The fourth-order valence-corrected chi connectivity index (χ4v) is 5.01. The van der Waals surface area contributed by atoms with Gasteiger partial charge in [-0.05, 0) is 62.2 Å². The minimum Gasteiger partial charge on any atom is -0.493 e. The third-order valence-electron chi connectivity index (χ3n) is 7.06. The zero-order valence-corrected chi connectivity index (χ0v) is 23.0. The minimum atomic E-state index is -0.583. The molecular formula is C30H33N5O6. The molecule has 3 heterocycles. The highest BCUT2D eigenvalue weighted by atomic mass is 16.5. The van der Waals surface area contributed by atoms with Crippen molar-refractivity contribution in [3.8, 4) is 23.0 Å². The van der Waals surface area contributed by atoms with Crippen LogP contribution >= 0.6 is 0 Å². The number of nitrogens with one attached hydrogen (secondary N) is 1. The number of β-amino-alcohol motifs (C(OH)–C–C–N with tert-alkyl or cyclic N) is 1. The summed E-state index contributed by atoms with van der Waals surface area (Å²) in [5.41, 5.74) is 7.30. The number of amides is 2. The fourth-order valence-electron chi connectivity index (χ4n) is 5.01. The van der Waals surface area contributed by atoms with Crippen molar-refractivity contribution in [2.24, 2.45) is 5.73 Å². The van der Waals surface area contributed by atoms with Gasteiger partial charge in [0.1, 0.15) is 23.4 Å². The first-order valence-electron chi connectivity index (χ1n) is 13.4. The number of hydrogen-bond donors (Lipinski definition) is 3. The number of aromatic nitrogens is 2. The molecule has 4 N–H and O–H groups in total. The van der Waals surface area contributed by atoms with Gasteiger partial charge in [-0.25, -0.2) is 9.78 Å². The first-order chi connectivity index (χ1) is 19.8. The number of anilines is 1. The van der Waals surface area contributed by atoms with Crippen molar-refractivity contribution < 1.29 is 28.9 Å². The van der Waals surface area contributed by atoms with E-state index >= 15 is 0 Å². The van der Waals surface area contributed by atoms with Gasteiger partial charge in [-0.15, -0.1) is 0 Å². The maximum Gasteiger partial charge on any atom is 0.323 e. The Morgan fingerprint density at radius 3 is 2.49 bits per heavy atom. The Kier molecular flexibility index (Phi) is 8.37. The molecule has 0 bridgehead atoms. The van der Waals surface area contributed by atoms with Gasteiger partial charge in [0.15, 0.2) is 11.5 Å². The van der Waals surface area contributed by atoms with Crippen LogP contribution < -0.4 is 25.3 Å². The van der Waals surface area contributed by atoms with Gasteiger partial charge in [0.2, 0.25) is 0 Å². The van der Waals surface area contributed by atoms with Crippen LogP contribution in [0, 0.1) is 6.92 Å². The number of aliphatic hydroxyl groups excluding tert-OH is 1. The summed E-state index contributed by atoms with van der Waals surface area (Å²) in [6.07, 6.45) is 3.44. The Morgan fingerprint density at radius 1 is 1.05 bits per heavy atom. The van der Waals surface area contributed by atoms with Crippen LogP contribution in [0.1, 0.15) is 28.9 Å². The topological polar surface area (TPSA) is 141 Å². The number of ether oxygens (including phenoxy) is 3. The van der Waals surface area contributed by atoms with Gasteiger partial charge in [-0.2, -0.15) is 0 Å². The van der Waals surface area contributed by atoms with E-state index in [-0.39, 0.29) is 18.6 Å². The summed E-state index contributed by atoms with van der Waals surface area (Å²) in [6, 6.07) is 15.0. The van der Waals surface area contributed by atoms with E-state index in [1.807, 2.05) is 6.07 Å². The molecular weight excluding hydrogens is 526 g/mol. The number of methoxy groups -OCH3 is 1. The fraction of sp³-hybridized carbons (Fsp3) is 0.300. The molecule has 214 valence electrons. The zero-order valence-electron chi connectivity index (χ0n) is 23.0. The van der Waals surface area contributed by atoms with Crippen molar-refractivity contribution in [1.82, 2.24) is 14.5 Å². The van der Waals surface area contributed by atoms with Crippen LogP contribution in [0.25, 0.3) is 10.9 Å². The molecule has 0 spiro atoms. The number of aryl methyl sites for hydroxylation is 1. The highest BCUT2D eigenvalue weighted by Gasteiger charge is 2.20. The molecule has 0 aliphatic carbocycles. The van der Waals surface area contributed by atoms with Crippen LogP contribution in [-0.4, -0.2) is 71.0 Å². The molecule has 4 aromatic rings. The summed E-state index contributed by atoms with van der Waals surface area (Å²) in [7, 11) is 1.51. The second-order valence-corrected chi connectivity index (χ2v) is 9.86. The minimum absolute atomic E-state index is 0.114. The molecule has 0 atom stereocenters. The number of primary amides is 1. The van der Waals surface area contributed by atoms with E-state index in [0.717, 1.165) is 31.3 Å². The lowest BCUT2D eigenvalue weighted by Gasteiger charge is -2.31. The summed E-state index contributed by atoms with van der Waals surface area (Å²) in [6.45, 7) is 4.44. The van der Waals surface area contributed by atoms with Crippen molar-refractivity contribution in [2.45, 2.75) is 25.9 Å². The number of rotatable bonds is 9. The quantitative estimate of drug-likeness (QED) is 0.278. The van der Waals surface area contributed by atoms with Crippen LogP contribution in [0.3, 0.4) is 0 Å². The standard InChI is InChI=1S/C30H33N5O6/c1-19-15-21-16-27(26(39-2)18-25(21)35(19)30(31)38)41-24-7-10-32-28(17-24)33-29(37)20-3-5-22(6-4-20)40-23-8-11-34(12-9-23)13-14-36/h3-7,10,15-18,23,36H,8-9,11-14H2,1-2H3,(H2,31,38)(H,32,33,37). The molecule has 11 nitrogen and oxygen atoms in total. The number of fused-ring (bicyclic) bond motifs is 1. The number of benzene rings is 2. The van der Waals surface area contributed by atoms with Gasteiger partial charge in [0, 0.05) is 54.6 Å². The maximum atomic E-state index is 12.9. The van der Waals surface area contributed by atoms with E-state index in [4.69, 9.17) is 25.1 Å². The first kappa shape index (κ1) is 27.9. The molecule has 2 amide bonds. The molecule has 11 heteroatoms. The van der Waals surface area contributed by atoms with E-state index in [1.165, 1.54) is 17.9 Å². The summed E-state index contributed by atoms with van der Waals surface area (Å²) < 4.78 is 19.1. The summed E-state index contributed by atoms with van der Waals surface area (Å²) in [4.78, 5) is 31.3. The SMILES string of the molecule is COc1cc2c(cc1Oc1ccnc(NC(=O)c3ccc(OC4CCN(CCO)CC4)cc3)c1)cc(C)n2C(N)=O. The van der Waals surface area contributed by atoms with Gasteiger partial charge in [-0.1, -0.05) is 0 Å². The second kappa shape index (κ2) is 12.3. The van der Waals surface area contributed by atoms with Crippen molar-refractivity contribution in [2.75, 3.05) is 38.7 Å². The Labute approximate surface area is 237 Å². The number of piperidine rings is 1. The van der Waals surface area contributed by atoms with E-state index in [1.54, 1.807) is 55.5 Å². The van der Waals surface area contributed by atoms with Crippen molar-refractivity contribution in [3.05, 3.63) is 72.1 Å². The number of carbonyl (C=O) groups excluding carboxylic acids is 2. The predicted octanol–water partition coefficient (Wildman–Crippen LogP) is 4.16. The molecule has 0 radical (unpaired) electrons. The lowest BCUT2D eigenvalue weighted by Crippen LogP contribution is -2.39. The summed E-state index contributed by atoms with van der Waals surface area (Å²) in [5, 5.41) is 12.7. The third kappa shape index (κ3) is 6.42. The average Bonchev–Trinajstić information content (AvgIpc) is 3.29. The second-order valence-electron chi connectivity index (χ2n) is 9.86. The van der Waals surface area contributed by atoms with Crippen LogP contribution in [0.4, 0.5) is 10.6 Å². The third-order valence-corrected chi connectivity index (χ3v) is 7.06. The molecule has 0 saturated carbocycles. The molecule has 2 aromatic carbocycles. The molecule has 1 aliphatic heterocycles. The van der Waals surface area contributed by atoms with Gasteiger partial charge >= 0.3 is 6.03 Å². The number of carbonyl (C=O) groups is 2. The molecule has 41 heavy (non-hydrogen) atoms. The van der Waals surface area contributed by atoms with Gasteiger partial charge in [0.05, 0.1) is 19.2 Å². The highest BCUT2D eigenvalue weighted by Crippen LogP contribution is 2.37. The molecule has 2 aromatic heterocycles. The average molecular weight is 560 g/mol. The van der Waals surface area contributed by atoms with Crippen LogP contribution in [0.5, 0.6) is 23.0 Å². The zero-order chi connectivity index (χ0) is 28.9. The monoisotopic (exact) mass is 559 g/mol. The molecule has 5 rings (SSSR count). The number of pyridine rings is 1. The molecule has 1 saturated heterocycles. The number of hydrogen-bond acceptors (Lipinski definition) is 8. The number of nitrogens with zero attached hydrogens (tertiary/aromatic N) is 3. The van der Waals surface area contributed by atoms with Crippen LogP contribution in [0.15, 0.2) is 60.8 Å². The maximum absolute atomic E-state index is 12.9. The number of nitrogens with two attached hydrogens (primary N) is 1. The van der Waals surface area contributed by atoms with Crippen molar-refractivity contribution >= 4 is 28.7 Å². The van der Waals surface area contributed by atoms with Crippen LogP contribution in [-0.2, 0) is 0 Å². The lowest BCUT2D eigenvalue weighted by atomic mass is 10.1. The molecule has 1 fully saturated rings. The Balaban J connectivity index is 1.23. The molecule has 1 aliphatic rings. The van der Waals surface area contributed by atoms with Gasteiger partial charge in [0.25, 0.3) is 5.91 Å². The Morgan fingerprint density at radius 2 is 1.80 bits per heavy atom. The predicted molar refractivity (Wildman–Crippen MR) is 154 cm³/mol. The first-order valence-corrected chi connectivity index (χ1v) is 13.4. The number of likely N-dealkylation sites (tertiary alicyclic amines) is 1. The molecule has 0 unspecified atom stereocenters. The summed E-state index contributed by atoms with van der Waals surface area (Å²) in [5.74, 6) is 1.99. The summed E-state index contributed by atoms with van der Waals surface area (Å²) >= 11 is 0. The van der Waals surface area contributed by atoms with E-state index < -0.39 is 6.03 Å². The highest BCUT2D eigenvalue weighted by molar-refractivity contribution is 6.03. The Bertz CT molecular complexity index is 1540. The Hall–Kier alpha value is -4.61. The van der Waals surface area contributed by atoms with Crippen molar-refractivity contribution in [3.63, 3.8) is 0 Å². The smallest absolute Gasteiger partial charge is 0.323 e. The van der Waals surface area contributed by atoms with Gasteiger partial charge in [-0.3, -0.25) is 9.36 Å². The van der Waals surface area contributed by atoms with Crippen molar-refractivity contribution in [1.29, 1.82) is 0 Å². The lowest BCUT2D eigenvalue weighted by molar-refractivity contribution is 0.0888. The van der Waals surface area contributed by atoms with Crippen LogP contribution in [0.2, 0.25) is 0 Å².